The summed E-state index contributed by atoms with van der Waals surface area (Å²) in [6.45, 7) is 2.06. The molecule has 1 atom stereocenters. The molecule has 21 heavy (non-hydrogen) atoms. The monoisotopic (exact) mass is 307 g/mol. The molecule has 0 aromatic heterocycles. The van der Waals surface area contributed by atoms with Crippen molar-refractivity contribution in [2.24, 2.45) is 0 Å². The van der Waals surface area contributed by atoms with Gasteiger partial charge in [0, 0.05) is 22.3 Å². The topological polar surface area (TPSA) is 12.0 Å². The highest BCUT2D eigenvalue weighted by atomic mass is 32.2. The van der Waals surface area contributed by atoms with Crippen LogP contribution < -0.4 is 5.32 Å². The molecule has 0 saturated heterocycles. The lowest BCUT2D eigenvalue weighted by atomic mass is 10.1. The Kier molecular flexibility index (Phi) is 5.76. The van der Waals surface area contributed by atoms with Gasteiger partial charge in [-0.15, -0.1) is 11.8 Å². The van der Waals surface area contributed by atoms with Crippen LogP contribution in [0.1, 0.15) is 11.1 Å². The fraction of sp³-hybridized carbons (Fsp3) is 0.294. The summed E-state index contributed by atoms with van der Waals surface area (Å²) >= 11 is 1.70. The van der Waals surface area contributed by atoms with Crippen molar-refractivity contribution in [3.05, 3.63) is 65.2 Å². The van der Waals surface area contributed by atoms with Gasteiger partial charge < -0.3 is 5.32 Å². The average Bonchev–Trinajstić information content (AvgIpc) is 2.48. The van der Waals surface area contributed by atoms with Gasteiger partial charge in [-0.2, -0.15) is 0 Å². The van der Waals surface area contributed by atoms with Crippen LogP contribution in [0, 0.1) is 18.6 Å². The van der Waals surface area contributed by atoms with Gasteiger partial charge in [-0.05, 0) is 44.2 Å². The molecule has 1 nitrogen and oxygen atoms in total. The maximum absolute atomic E-state index is 13.7. The third-order valence-corrected chi connectivity index (χ3v) is 4.79. The van der Waals surface area contributed by atoms with E-state index >= 15 is 0 Å². The second kappa shape index (κ2) is 7.57. The Morgan fingerprint density at radius 3 is 2.33 bits per heavy atom. The van der Waals surface area contributed by atoms with E-state index in [0.717, 1.165) is 5.75 Å². The second-order valence-electron chi connectivity index (χ2n) is 4.97. The first-order valence-electron chi connectivity index (χ1n) is 6.90. The summed E-state index contributed by atoms with van der Waals surface area (Å²) in [7, 11) is 1.82. The first-order chi connectivity index (χ1) is 10.1. The van der Waals surface area contributed by atoms with Gasteiger partial charge in [0.1, 0.15) is 11.6 Å². The number of nitrogens with one attached hydrogen (secondary N) is 1. The average molecular weight is 307 g/mol. The Labute approximate surface area is 128 Å². The molecule has 2 aromatic carbocycles. The van der Waals surface area contributed by atoms with Crippen LogP contribution in [0.4, 0.5) is 8.78 Å². The van der Waals surface area contributed by atoms with Gasteiger partial charge in [0.2, 0.25) is 0 Å². The summed E-state index contributed by atoms with van der Waals surface area (Å²) in [6, 6.07) is 12.2. The molecule has 0 spiro atoms. The van der Waals surface area contributed by atoms with Crippen molar-refractivity contribution in [2.75, 3.05) is 12.8 Å². The van der Waals surface area contributed by atoms with Crippen molar-refractivity contribution in [3.63, 3.8) is 0 Å². The first kappa shape index (κ1) is 16.0. The van der Waals surface area contributed by atoms with Crippen LogP contribution in [0.15, 0.2) is 47.4 Å². The van der Waals surface area contributed by atoms with Crippen molar-refractivity contribution >= 4 is 11.8 Å². The van der Waals surface area contributed by atoms with E-state index in [1.807, 2.05) is 19.2 Å². The summed E-state index contributed by atoms with van der Waals surface area (Å²) in [6.07, 6.45) is 0.341. The van der Waals surface area contributed by atoms with Crippen LogP contribution in [0.25, 0.3) is 0 Å². The van der Waals surface area contributed by atoms with E-state index in [0.29, 0.717) is 6.42 Å². The fourth-order valence-corrected chi connectivity index (χ4v) is 3.26. The van der Waals surface area contributed by atoms with Crippen LogP contribution in [-0.2, 0) is 6.42 Å². The molecule has 0 amide bonds. The molecule has 0 aliphatic carbocycles. The Morgan fingerprint density at radius 1 is 1.05 bits per heavy atom. The maximum Gasteiger partial charge on any atom is 0.129 e. The summed E-state index contributed by atoms with van der Waals surface area (Å²) in [5, 5.41) is 3.14. The highest BCUT2D eigenvalue weighted by Crippen LogP contribution is 2.24. The molecule has 1 unspecified atom stereocenters. The summed E-state index contributed by atoms with van der Waals surface area (Å²) < 4.78 is 27.4. The molecule has 112 valence electrons. The van der Waals surface area contributed by atoms with Crippen LogP contribution >= 0.6 is 11.8 Å². The lowest BCUT2D eigenvalue weighted by molar-refractivity contribution is 0.524. The lowest BCUT2D eigenvalue weighted by Crippen LogP contribution is -2.30. The molecule has 0 saturated carbocycles. The lowest BCUT2D eigenvalue weighted by Gasteiger charge is -2.17. The molecular weight excluding hydrogens is 288 g/mol. The molecule has 0 radical (unpaired) electrons. The summed E-state index contributed by atoms with van der Waals surface area (Å²) in [5.74, 6) is -0.193. The Morgan fingerprint density at radius 2 is 1.71 bits per heavy atom. The molecule has 0 bridgehead atoms. The number of rotatable bonds is 6. The summed E-state index contributed by atoms with van der Waals surface area (Å²) in [5.41, 5.74) is 1.37. The number of likely N-dealkylation sites (N-methyl/N-ethyl adjacent to an activating group) is 1. The number of hydrogen-bond acceptors (Lipinski definition) is 2. The number of benzene rings is 2. The standard InChI is InChI=1S/C17H19F2NS/c1-12-6-3-4-9-17(12)21-11-13(20-2)10-14-15(18)7-5-8-16(14)19/h3-9,13,20H,10-11H2,1-2H3. The smallest absolute Gasteiger partial charge is 0.129 e. The molecule has 0 fully saturated rings. The number of hydrogen-bond donors (Lipinski definition) is 1. The van der Waals surface area contributed by atoms with Gasteiger partial charge in [-0.3, -0.25) is 0 Å². The third kappa shape index (κ3) is 4.29. The minimum absolute atomic E-state index is 0.0148. The Balaban J connectivity index is 2.02. The molecule has 4 heteroatoms. The Bertz CT molecular complexity index is 581. The zero-order chi connectivity index (χ0) is 15.2. The van der Waals surface area contributed by atoms with Crippen LogP contribution in [-0.4, -0.2) is 18.8 Å². The van der Waals surface area contributed by atoms with Gasteiger partial charge in [-0.1, -0.05) is 24.3 Å². The van der Waals surface area contributed by atoms with E-state index < -0.39 is 11.6 Å². The minimum Gasteiger partial charge on any atom is -0.316 e. The van der Waals surface area contributed by atoms with E-state index in [-0.39, 0.29) is 11.6 Å². The molecule has 2 rings (SSSR count). The van der Waals surface area contributed by atoms with Crippen LogP contribution in [0.5, 0.6) is 0 Å². The van der Waals surface area contributed by atoms with Crippen molar-refractivity contribution in [2.45, 2.75) is 24.3 Å². The molecule has 0 aliphatic heterocycles. The highest BCUT2D eigenvalue weighted by molar-refractivity contribution is 7.99. The van der Waals surface area contributed by atoms with E-state index in [4.69, 9.17) is 0 Å². The van der Waals surface area contributed by atoms with Crippen LogP contribution in [0.3, 0.4) is 0 Å². The molecule has 1 N–H and O–H groups in total. The molecule has 2 aromatic rings. The van der Waals surface area contributed by atoms with Gasteiger partial charge in [0.15, 0.2) is 0 Å². The summed E-state index contributed by atoms with van der Waals surface area (Å²) in [4.78, 5) is 1.20. The zero-order valence-electron chi connectivity index (χ0n) is 12.2. The minimum atomic E-state index is -0.476. The quantitative estimate of drug-likeness (QED) is 0.803. The zero-order valence-corrected chi connectivity index (χ0v) is 13.0. The van der Waals surface area contributed by atoms with Crippen molar-refractivity contribution < 1.29 is 8.78 Å². The van der Waals surface area contributed by atoms with E-state index in [9.17, 15) is 8.78 Å². The van der Waals surface area contributed by atoms with E-state index in [1.165, 1.54) is 28.7 Å². The van der Waals surface area contributed by atoms with Gasteiger partial charge in [-0.25, -0.2) is 8.78 Å². The van der Waals surface area contributed by atoms with Crippen molar-refractivity contribution in [1.29, 1.82) is 0 Å². The first-order valence-corrected chi connectivity index (χ1v) is 7.89. The molecule has 0 aliphatic rings. The van der Waals surface area contributed by atoms with Gasteiger partial charge in [0.05, 0.1) is 0 Å². The predicted octanol–water partition coefficient (Wildman–Crippen LogP) is 4.20. The fourth-order valence-electron chi connectivity index (χ4n) is 2.13. The number of thioether (sulfide) groups is 1. The largest absolute Gasteiger partial charge is 0.316 e. The molecule has 0 heterocycles. The SMILES string of the molecule is CNC(CSc1ccccc1C)Cc1c(F)cccc1F. The van der Waals surface area contributed by atoms with Gasteiger partial charge >= 0.3 is 0 Å². The van der Waals surface area contributed by atoms with E-state index in [1.54, 1.807) is 11.8 Å². The highest BCUT2D eigenvalue weighted by Gasteiger charge is 2.15. The third-order valence-electron chi connectivity index (χ3n) is 3.45. The second-order valence-corrected chi connectivity index (χ2v) is 6.03. The normalized spacial score (nSPS) is 12.4. The van der Waals surface area contributed by atoms with Crippen LogP contribution in [0.2, 0.25) is 0 Å². The van der Waals surface area contributed by atoms with Crippen molar-refractivity contribution in [1.82, 2.24) is 5.32 Å². The van der Waals surface area contributed by atoms with Crippen molar-refractivity contribution in [3.8, 4) is 0 Å². The number of halogens is 2. The predicted molar refractivity (Wildman–Crippen MR) is 84.8 cm³/mol. The maximum atomic E-state index is 13.7. The number of aryl methyl sites for hydroxylation is 1. The Hall–Kier alpha value is -1.39. The van der Waals surface area contributed by atoms with E-state index in [2.05, 4.69) is 24.4 Å². The van der Waals surface area contributed by atoms with Gasteiger partial charge in [0.25, 0.3) is 0 Å². The molecular formula is C17H19F2NS.